The zero-order valence-electron chi connectivity index (χ0n) is 14.5. The van der Waals surface area contributed by atoms with E-state index in [1.807, 2.05) is 42.7 Å². The van der Waals surface area contributed by atoms with Gasteiger partial charge in [-0.25, -0.2) is 9.36 Å². The molecule has 26 heavy (non-hydrogen) atoms. The van der Waals surface area contributed by atoms with Gasteiger partial charge >= 0.3 is 11.6 Å². The third kappa shape index (κ3) is 2.63. The molecule has 0 radical (unpaired) electrons. The second kappa shape index (κ2) is 6.11. The summed E-state index contributed by atoms with van der Waals surface area (Å²) in [5, 5.41) is 12.2. The maximum absolute atomic E-state index is 12.2. The predicted molar refractivity (Wildman–Crippen MR) is 93.1 cm³/mol. The lowest BCUT2D eigenvalue weighted by atomic mass is 10.1. The number of pyridine rings is 1. The van der Waals surface area contributed by atoms with E-state index in [0.29, 0.717) is 5.95 Å². The summed E-state index contributed by atoms with van der Waals surface area (Å²) >= 11 is 0. The van der Waals surface area contributed by atoms with Gasteiger partial charge in [-0.2, -0.15) is 0 Å². The SMILES string of the molecule is Cn1c2nc(-[n+]3ccc(Cc4ccccc4)cc3)nc-2c([O-])n(C)c1=O. The quantitative estimate of drug-likeness (QED) is 0.507. The van der Waals surface area contributed by atoms with Crippen molar-refractivity contribution in [1.82, 2.24) is 19.1 Å². The smallest absolute Gasteiger partial charge is 0.440 e. The molecule has 3 heterocycles. The monoisotopic (exact) mass is 347 g/mol. The van der Waals surface area contributed by atoms with Gasteiger partial charge in [-0.3, -0.25) is 4.57 Å². The van der Waals surface area contributed by atoms with Crippen molar-refractivity contribution in [3.05, 3.63) is 76.5 Å². The number of nitrogens with zero attached hydrogens (tertiary/aromatic N) is 5. The summed E-state index contributed by atoms with van der Waals surface area (Å²) in [5.74, 6) is 0.210. The van der Waals surface area contributed by atoms with Crippen molar-refractivity contribution in [3.63, 3.8) is 0 Å². The summed E-state index contributed by atoms with van der Waals surface area (Å²) in [5.41, 5.74) is 2.16. The molecule has 0 atom stereocenters. The van der Waals surface area contributed by atoms with Crippen molar-refractivity contribution >= 4 is 0 Å². The van der Waals surface area contributed by atoms with Crippen molar-refractivity contribution in [2.45, 2.75) is 6.42 Å². The second-order valence-corrected chi connectivity index (χ2v) is 6.18. The molecular formula is C19H17N5O2. The topological polar surface area (TPSA) is 79.7 Å². The van der Waals surface area contributed by atoms with E-state index in [2.05, 4.69) is 22.1 Å². The number of rotatable bonds is 3. The van der Waals surface area contributed by atoms with Crippen molar-refractivity contribution < 1.29 is 9.67 Å². The van der Waals surface area contributed by atoms with Crippen LogP contribution in [0.3, 0.4) is 0 Å². The molecule has 0 spiro atoms. The molecule has 7 heteroatoms. The maximum Gasteiger partial charge on any atom is 0.440 e. The van der Waals surface area contributed by atoms with Gasteiger partial charge in [-0.05, 0) is 34.7 Å². The lowest BCUT2D eigenvalue weighted by Gasteiger charge is -2.14. The standard InChI is InChI=1S/C19H17N5O2/c1-22-16-15(17(25)23(2)19(22)26)20-18(21-16)24-10-8-14(9-11-24)12-13-6-4-3-5-7-13/h3-11H,12H2,1-2H3. The number of hydrogen-bond donors (Lipinski definition) is 0. The molecule has 1 aromatic carbocycles. The van der Waals surface area contributed by atoms with Crippen LogP contribution in [0.5, 0.6) is 5.88 Å². The zero-order valence-corrected chi connectivity index (χ0v) is 14.5. The Morgan fingerprint density at radius 2 is 1.62 bits per heavy atom. The van der Waals surface area contributed by atoms with Gasteiger partial charge in [0.2, 0.25) is 5.69 Å². The van der Waals surface area contributed by atoms with E-state index in [-0.39, 0.29) is 11.5 Å². The number of fused-ring (bicyclic) bond motifs is 1. The Balaban J connectivity index is 1.70. The van der Waals surface area contributed by atoms with Crippen molar-refractivity contribution in [1.29, 1.82) is 0 Å². The average Bonchev–Trinajstić information content (AvgIpc) is 3.12. The zero-order chi connectivity index (χ0) is 18.3. The summed E-state index contributed by atoms with van der Waals surface area (Å²) < 4.78 is 4.10. The molecule has 130 valence electrons. The summed E-state index contributed by atoms with van der Waals surface area (Å²) in [6, 6.07) is 14.2. The number of hydrogen-bond acceptors (Lipinski definition) is 4. The van der Waals surface area contributed by atoms with Gasteiger partial charge < -0.3 is 9.67 Å². The Morgan fingerprint density at radius 1 is 0.962 bits per heavy atom. The normalized spacial score (nSPS) is 11.2. The molecule has 0 unspecified atom stereocenters. The molecule has 4 rings (SSSR count). The van der Waals surface area contributed by atoms with Crippen molar-refractivity contribution in [3.8, 4) is 23.3 Å². The number of imidazole rings is 1. The highest BCUT2D eigenvalue weighted by molar-refractivity contribution is 5.58. The van der Waals surface area contributed by atoms with E-state index < -0.39 is 11.6 Å². The van der Waals surface area contributed by atoms with E-state index in [1.165, 1.54) is 17.2 Å². The summed E-state index contributed by atoms with van der Waals surface area (Å²) in [4.78, 5) is 20.7. The molecule has 0 N–H and O–H groups in total. The molecule has 2 aromatic rings. The Kier molecular flexibility index (Phi) is 3.76. The van der Waals surface area contributed by atoms with E-state index in [1.54, 1.807) is 11.6 Å². The first-order valence-corrected chi connectivity index (χ1v) is 8.19. The van der Waals surface area contributed by atoms with Crippen LogP contribution in [0.2, 0.25) is 0 Å². The van der Waals surface area contributed by atoms with E-state index in [0.717, 1.165) is 16.6 Å². The van der Waals surface area contributed by atoms with Crippen LogP contribution < -0.4 is 15.4 Å². The molecule has 0 saturated heterocycles. The van der Waals surface area contributed by atoms with Gasteiger partial charge in [0.1, 0.15) is 0 Å². The Morgan fingerprint density at radius 3 is 2.31 bits per heavy atom. The minimum absolute atomic E-state index is 0.186. The van der Waals surface area contributed by atoms with Crippen LogP contribution in [0.4, 0.5) is 0 Å². The number of aromatic nitrogens is 5. The largest absolute Gasteiger partial charge is 0.857 e. The van der Waals surface area contributed by atoms with E-state index in [4.69, 9.17) is 0 Å². The predicted octanol–water partition coefficient (Wildman–Crippen LogP) is 0.560. The van der Waals surface area contributed by atoms with Crippen LogP contribution in [0.15, 0.2) is 59.7 Å². The van der Waals surface area contributed by atoms with Crippen LogP contribution in [0, 0.1) is 0 Å². The Hall–Kier alpha value is -3.48. The lowest BCUT2D eigenvalue weighted by molar-refractivity contribution is -0.603. The molecular weight excluding hydrogens is 330 g/mol. The van der Waals surface area contributed by atoms with E-state index >= 15 is 0 Å². The minimum atomic E-state index is -0.442. The van der Waals surface area contributed by atoms with Gasteiger partial charge in [-0.15, -0.1) is 0 Å². The van der Waals surface area contributed by atoms with Crippen LogP contribution in [-0.2, 0) is 20.5 Å². The van der Waals surface area contributed by atoms with E-state index in [9.17, 15) is 9.90 Å². The van der Waals surface area contributed by atoms with Crippen molar-refractivity contribution in [2.24, 2.45) is 14.1 Å². The van der Waals surface area contributed by atoms with Crippen LogP contribution in [0.1, 0.15) is 11.1 Å². The Bertz CT molecular complexity index is 1100. The first-order valence-electron chi connectivity index (χ1n) is 8.19. The number of benzene rings is 1. The highest BCUT2D eigenvalue weighted by Gasteiger charge is 2.27. The van der Waals surface area contributed by atoms with Gasteiger partial charge in [-0.1, -0.05) is 35.3 Å². The summed E-state index contributed by atoms with van der Waals surface area (Å²) in [6.07, 6.45) is 4.55. The Labute approximate surface area is 149 Å². The molecule has 0 fully saturated rings. The van der Waals surface area contributed by atoms with Crippen LogP contribution >= 0.6 is 0 Å². The first-order chi connectivity index (χ1) is 12.5. The van der Waals surface area contributed by atoms with Crippen molar-refractivity contribution in [2.75, 3.05) is 0 Å². The second-order valence-electron chi connectivity index (χ2n) is 6.18. The highest BCUT2D eigenvalue weighted by Crippen LogP contribution is 2.23. The fourth-order valence-electron chi connectivity index (χ4n) is 2.92. The molecule has 0 saturated carbocycles. The third-order valence-corrected chi connectivity index (χ3v) is 4.41. The van der Waals surface area contributed by atoms with Gasteiger partial charge in [0.05, 0.1) is 12.4 Å². The molecule has 1 aromatic heterocycles. The van der Waals surface area contributed by atoms with Gasteiger partial charge in [0.25, 0.3) is 5.82 Å². The molecule has 2 aliphatic heterocycles. The van der Waals surface area contributed by atoms with Crippen LogP contribution in [-0.4, -0.2) is 19.1 Å². The summed E-state index contributed by atoms with van der Waals surface area (Å²) in [6.45, 7) is 0. The van der Waals surface area contributed by atoms with Gasteiger partial charge in [0, 0.05) is 20.0 Å². The third-order valence-electron chi connectivity index (χ3n) is 4.41. The molecule has 0 aliphatic carbocycles. The first kappa shape index (κ1) is 16.0. The molecule has 0 bridgehead atoms. The fourth-order valence-corrected chi connectivity index (χ4v) is 2.92. The maximum atomic E-state index is 12.2. The fraction of sp³-hybridized carbons (Fsp3) is 0.158. The molecule has 7 nitrogen and oxygen atoms in total. The molecule has 2 aliphatic rings. The summed E-state index contributed by atoms with van der Waals surface area (Å²) in [7, 11) is 3.01. The lowest BCUT2D eigenvalue weighted by Crippen LogP contribution is -2.31. The average molecular weight is 347 g/mol. The van der Waals surface area contributed by atoms with Gasteiger partial charge in [0.15, 0.2) is 0 Å². The minimum Gasteiger partial charge on any atom is -0.857 e. The highest BCUT2D eigenvalue weighted by atomic mass is 16.3. The molecule has 0 amide bonds. The van der Waals surface area contributed by atoms with Crippen LogP contribution in [0.25, 0.3) is 17.5 Å².